The molecular formula is C81H158O17P2. The second-order valence-corrected chi connectivity index (χ2v) is 33.5. The molecule has 0 radical (unpaired) electrons. The lowest BCUT2D eigenvalue weighted by molar-refractivity contribution is -0.161. The van der Waals surface area contributed by atoms with Crippen molar-refractivity contribution in [3.05, 3.63) is 0 Å². The van der Waals surface area contributed by atoms with Gasteiger partial charge in [-0.1, -0.05) is 370 Å². The Morgan fingerprint density at radius 3 is 0.680 bits per heavy atom. The maximum absolute atomic E-state index is 13.1. The first-order chi connectivity index (χ1) is 48.2. The smallest absolute Gasteiger partial charge is 0.462 e. The average molecular weight is 1470 g/mol. The number of aliphatic hydroxyl groups excluding tert-OH is 1. The molecule has 17 nitrogen and oxygen atoms in total. The van der Waals surface area contributed by atoms with Crippen molar-refractivity contribution < 1.29 is 80.2 Å². The topological polar surface area (TPSA) is 237 Å². The van der Waals surface area contributed by atoms with Gasteiger partial charge in [0, 0.05) is 25.7 Å². The number of ether oxygens (including phenoxy) is 4. The predicted molar refractivity (Wildman–Crippen MR) is 409 cm³/mol. The fourth-order valence-electron chi connectivity index (χ4n) is 12.5. The standard InChI is InChI=1S/C81H158O17P2/c1-8-9-10-11-12-41-48-55-62-78(83)91-68-76(97-81(86)65-58-51-44-37-31-25-24-28-34-40-47-54-61-74(6)7)70-95-99(87,88)93-66-75(82)67-94-100(89,90)96-71-77(69-92-79(84)63-56-49-42-35-29-22-19-15-17-21-27-33-39-46-53-60-73(4)5)98-80(85)64-57-50-43-36-30-23-18-14-13-16-20-26-32-38-45-52-59-72(2)3/h72-77,82H,8-71H2,1-7H3,(H,87,88)(H,89,90)/t75-,76+,77+/m0/s1. The lowest BCUT2D eigenvalue weighted by atomic mass is 10.0. The molecule has 0 amide bonds. The van der Waals surface area contributed by atoms with Gasteiger partial charge in [-0.2, -0.15) is 0 Å². The SMILES string of the molecule is CCCCCCCCCCC(=O)OC[C@H](COP(=O)(O)OC[C@H](O)COP(=O)(O)OC[C@@H](COC(=O)CCCCCCCCCCCCCCCCCC(C)C)OC(=O)CCCCCCCCCCCCCCCCCCC(C)C)OC(=O)CCCCCCCCCCCCCCC(C)C. The van der Waals surface area contributed by atoms with Gasteiger partial charge in [0.2, 0.25) is 0 Å². The summed E-state index contributed by atoms with van der Waals surface area (Å²) in [6.07, 6.45) is 59.7. The summed E-state index contributed by atoms with van der Waals surface area (Å²) in [7, 11) is -9.92. The van der Waals surface area contributed by atoms with Gasteiger partial charge in [-0.25, -0.2) is 9.13 Å². The fourth-order valence-corrected chi connectivity index (χ4v) is 14.1. The molecule has 594 valence electrons. The number of unbranched alkanes of at least 4 members (excludes halogenated alkanes) is 47. The zero-order chi connectivity index (χ0) is 73.7. The highest BCUT2D eigenvalue weighted by Gasteiger charge is 2.30. The molecule has 0 fully saturated rings. The molecule has 0 aliphatic carbocycles. The third kappa shape index (κ3) is 74.3. The predicted octanol–water partition coefficient (Wildman–Crippen LogP) is 24.1. The van der Waals surface area contributed by atoms with Crippen molar-refractivity contribution in [2.24, 2.45) is 17.8 Å². The van der Waals surface area contributed by atoms with E-state index in [0.717, 1.165) is 114 Å². The first-order valence-corrected chi connectivity index (χ1v) is 44.8. The van der Waals surface area contributed by atoms with E-state index >= 15 is 0 Å². The van der Waals surface area contributed by atoms with Crippen molar-refractivity contribution in [2.45, 2.75) is 439 Å². The van der Waals surface area contributed by atoms with Crippen LogP contribution >= 0.6 is 15.6 Å². The van der Waals surface area contributed by atoms with Crippen LogP contribution in [0.2, 0.25) is 0 Å². The summed E-state index contributed by atoms with van der Waals surface area (Å²) in [5.41, 5.74) is 0. The summed E-state index contributed by atoms with van der Waals surface area (Å²) in [5.74, 6) is 0.280. The Morgan fingerprint density at radius 1 is 0.270 bits per heavy atom. The third-order valence-electron chi connectivity index (χ3n) is 18.9. The Labute approximate surface area is 613 Å². The van der Waals surface area contributed by atoms with Gasteiger partial charge in [-0.15, -0.1) is 0 Å². The van der Waals surface area contributed by atoms with Crippen molar-refractivity contribution >= 4 is 39.5 Å². The minimum Gasteiger partial charge on any atom is -0.462 e. The molecule has 0 bridgehead atoms. The largest absolute Gasteiger partial charge is 0.472 e. The number of rotatable bonds is 79. The zero-order valence-electron chi connectivity index (χ0n) is 65.7. The lowest BCUT2D eigenvalue weighted by Crippen LogP contribution is -2.30. The Kier molecular flexibility index (Phi) is 69.9. The van der Waals surface area contributed by atoms with Gasteiger partial charge >= 0.3 is 39.5 Å². The van der Waals surface area contributed by atoms with Crippen LogP contribution in [0.1, 0.15) is 421 Å². The Bertz CT molecular complexity index is 1940. The van der Waals surface area contributed by atoms with Gasteiger partial charge in [0.1, 0.15) is 19.3 Å². The molecule has 0 spiro atoms. The van der Waals surface area contributed by atoms with Gasteiger partial charge in [-0.3, -0.25) is 37.3 Å². The van der Waals surface area contributed by atoms with E-state index in [1.165, 1.54) is 225 Å². The first kappa shape index (κ1) is 98.1. The number of phosphoric acid groups is 2. The molecule has 0 aliphatic rings. The van der Waals surface area contributed by atoms with E-state index in [0.29, 0.717) is 25.7 Å². The van der Waals surface area contributed by atoms with E-state index in [2.05, 4.69) is 48.5 Å². The second-order valence-electron chi connectivity index (χ2n) is 30.6. The van der Waals surface area contributed by atoms with Crippen molar-refractivity contribution in [3.8, 4) is 0 Å². The Morgan fingerprint density at radius 2 is 0.460 bits per heavy atom. The normalized spacial score (nSPS) is 14.0. The third-order valence-corrected chi connectivity index (χ3v) is 20.8. The monoisotopic (exact) mass is 1470 g/mol. The number of phosphoric ester groups is 2. The molecule has 0 aromatic carbocycles. The Hall–Kier alpha value is -1.94. The fraction of sp³-hybridized carbons (Fsp3) is 0.951. The van der Waals surface area contributed by atoms with Crippen molar-refractivity contribution in [2.75, 3.05) is 39.6 Å². The number of carbonyl (C=O) groups is 4. The van der Waals surface area contributed by atoms with Crippen molar-refractivity contribution in [1.29, 1.82) is 0 Å². The highest BCUT2D eigenvalue weighted by atomic mass is 31.2. The summed E-state index contributed by atoms with van der Waals surface area (Å²) in [5, 5.41) is 10.6. The van der Waals surface area contributed by atoms with Crippen LogP contribution < -0.4 is 0 Å². The maximum Gasteiger partial charge on any atom is 0.472 e. The highest BCUT2D eigenvalue weighted by Crippen LogP contribution is 2.45. The number of aliphatic hydroxyl groups is 1. The van der Waals surface area contributed by atoms with Crippen LogP contribution in [0.15, 0.2) is 0 Å². The van der Waals surface area contributed by atoms with Gasteiger partial charge in [0.25, 0.3) is 0 Å². The van der Waals surface area contributed by atoms with E-state index in [-0.39, 0.29) is 25.7 Å². The molecule has 2 unspecified atom stereocenters. The van der Waals surface area contributed by atoms with Crippen LogP contribution in [0.3, 0.4) is 0 Å². The summed E-state index contributed by atoms with van der Waals surface area (Å²) < 4.78 is 68.7. The summed E-state index contributed by atoms with van der Waals surface area (Å²) >= 11 is 0. The number of esters is 4. The molecule has 0 aliphatic heterocycles. The summed E-state index contributed by atoms with van der Waals surface area (Å²) in [6.45, 7) is 12.0. The molecule has 0 heterocycles. The molecule has 0 saturated carbocycles. The zero-order valence-corrected chi connectivity index (χ0v) is 67.5. The molecule has 0 saturated heterocycles. The molecule has 5 atom stereocenters. The van der Waals surface area contributed by atoms with E-state index in [9.17, 15) is 43.2 Å². The van der Waals surface area contributed by atoms with E-state index in [1.54, 1.807) is 0 Å². The molecule has 3 N–H and O–H groups in total. The lowest BCUT2D eigenvalue weighted by Gasteiger charge is -2.21. The van der Waals surface area contributed by atoms with Gasteiger partial charge < -0.3 is 33.8 Å². The molecule has 0 rings (SSSR count). The molecule has 19 heteroatoms. The number of carbonyl (C=O) groups excluding carboxylic acids is 4. The molecule has 0 aromatic heterocycles. The second kappa shape index (κ2) is 71.3. The maximum atomic E-state index is 13.1. The molecule has 0 aromatic rings. The van der Waals surface area contributed by atoms with Gasteiger partial charge in [0.05, 0.1) is 26.4 Å². The van der Waals surface area contributed by atoms with E-state index < -0.39 is 97.5 Å². The summed E-state index contributed by atoms with van der Waals surface area (Å²) in [6, 6.07) is 0. The van der Waals surface area contributed by atoms with Crippen LogP contribution in [0.5, 0.6) is 0 Å². The Balaban J connectivity index is 5.21. The minimum absolute atomic E-state index is 0.107. The van der Waals surface area contributed by atoms with Crippen molar-refractivity contribution in [3.63, 3.8) is 0 Å². The molecular weight excluding hydrogens is 1310 g/mol. The average Bonchev–Trinajstić information content (AvgIpc) is 0.975. The van der Waals surface area contributed by atoms with Gasteiger partial charge in [0.15, 0.2) is 12.2 Å². The first-order valence-electron chi connectivity index (χ1n) is 41.8. The van der Waals surface area contributed by atoms with Crippen molar-refractivity contribution in [1.82, 2.24) is 0 Å². The summed E-state index contributed by atoms with van der Waals surface area (Å²) in [4.78, 5) is 72.9. The van der Waals surface area contributed by atoms with Crippen LogP contribution in [0.4, 0.5) is 0 Å². The quantitative estimate of drug-likeness (QED) is 0.0222. The van der Waals surface area contributed by atoms with E-state index in [4.69, 9.17) is 37.0 Å². The van der Waals surface area contributed by atoms with Crippen LogP contribution in [-0.4, -0.2) is 96.7 Å². The minimum atomic E-state index is -4.96. The van der Waals surface area contributed by atoms with Crippen LogP contribution in [-0.2, 0) is 65.4 Å². The van der Waals surface area contributed by atoms with E-state index in [1.807, 2.05) is 0 Å². The van der Waals surface area contributed by atoms with Crippen LogP contribution in [0, 0.1) is 17.8 Å². The number of hydrogen-bond donors (Lipinski definition) is 3. The molecule has 100 heavy (non-hydrogen) atoms. The van der Waals surface area contributed by atoms with Gasteiger partial charge in [-0.05, 0) is 43.4 Å². The van der Waals surface area contributed by atoms with Crippen LogP contribution in [0.25, 0.3) is 0 Å². The number of hydrogen-bond acceptors (Lipinski definition) is 15. The highest BCUT2D eigenvalue weighted by molar-refractivity contribution is 7.47.